The third kappa shape index (κ3) is 3.52. The van der Waals surface area contributed by atoms with Crippen LogP contribution in [0.15, 0.2) is 30.3 Å². The average Bonchev–Trinajstić information content (AvgIpc) is 3.05. The first-order valence-corrected chi connectivity index (χ1v) is 9.45. The van der Waals surface area contributed by atoms with Crippen LogP contribution in [0.4, 0.5) is 5.82 Å². The molecule has 0 amide bonds. The zero-order valence-electron chi connectivity index (χ0n) is 15.2. The van der Waals surface area contributed by atoms with Crippen LogP contribution in [-0.2, 0) is 6.42 Å². The minimum atomic E-state index is 0.668. The third-order valence-corrected chi connectivity index (χ3v) is 5.14. The number of piperazine rings is 1. The Morgan fingerprint density at radius 2 is 1.77 bits per heavy atom. The van der Waals surface area contributed by atoms with Crippen molar-refractivity contribution in [3.8, 4) is 0 Å². The van der Waals surface area contributed by atoms with Crippen LogP contribution in [-0.4, -0.2) is 57.2 Å². The van der Waals surface area contributed by atoms with E-state index in [2.05, 4.69) is 32.8 Å². The van der Waals surface area contributed by atoms with Gasteiger partial charge >= 0.3 is 0 Å². The van der Waals surface area contributed by atoms with Crippen LogP contribution >= 0.6 is 11.6 Å². The Labute approximate surface area is 158 Å². The van der Waals surface area contributed by atoms with Crippen LogP contribution in [0.25, 0.3) is 5.78 Å². The Morgan fingerprint density at radius 1 is 1.04 bits per heavy atom. The fourth-order valence-corrected chi connectivity index (χ4v) is 3.51. The molecule has 0 bridgehead atoms. The largest absolute Gasteiger partial charge is 0.354 e. The summed E-state index contributed by atoms with van der Waals surface area (Å²) in [6.45, 7) is 9.48. The molecular formula is C19H23ClN6. The molecular weight excluding hydrogens is 348 g/mol. The highest BCUT2D eigenvalue weighted by atomic mass is 35.5. The second-order valence-electron chi connectivity index (χ2n) is 6.72. The molecule has 3 heterocycles. The lowest BCUT2D eigenvalue weighted by Gasteiger charge is -2.35. The summed E-state index contributed by atoms with van der Waals surface area (Å²) in [5.74, 6) is 2.53. The van der Waals surface area contributed by atoms with Gasteiger partial charge in [0.15, 0.2) is 5.82 Å². The second kappa shape index (κ2) is 7.21. The number of hydrogen-bond acceptors (Lipinski definition) is 5. The maximum atomic E-state index is 5.97. The van der Waals surface area contributed by atoms with Crippen LogP contribution in [0.3, 0.4) is 0 Å². The number of hydrogen-bond donors (Lipinski definition) is 0. The van der Waals surface area contributed by atoms with Gasteiger partial charge in [0, 0.05) is 49.4 Å². The molecule has 0 aliphatic carbocycles. The molecule has 1 aliphatic heterocycles. The van der Waals surface area contributed by atoms with Gasteiger partial charge in [-0.2, -0.15) is 9.50 Å². The Kier molecular flexibility index (Phi) is 4.78. The normalized spacial score (nSPS) is 15.7. The van der Waals surface area contributed by atoms with Crippen LogP contribution in [0, 0.1) is 6.92 Å². The summed E-state index contributed by atoms with van der Waals surface area (Å²) in [7, 11) is 0. The van der Waals surface area contributed by atoms with E-state index in [9.17, 15) is 0 Å². The molecule has 7 heteroatoms. The highest BCUT2D eigenvalue weighted by molar-refractivity contribution is 6.30. The fraction of sp³-hybridized carbons (Fsp3) is 0.421. The third-order valence-electron chi connectivity index (χ3n) is 4.88. The van der Waals surface area contributed by atoms with Crippen molar-refractivity contribution in [2.45, 2.75) is 20.3 Å². The van der Waals surface area contributed by atoms with Gasteiger partial charge in [0.2, 0.25) is 0 Å². The van der Waals surface area contributed by atoms with Gasteiger partial charge in [0.1, 0.15) is 5.82 Å². The fourth-order valence-electron chi connectivity index (χ4n) is 3.39. The zero-order chi connectivity index (χ0) is 18.1. The molecule has 0 atom stereocenters. The molecule has 2 aromatic heterocycles. The smallest absolute Gasteiger partial charge is 0.254 e. The Hall–Kier alpha value is -2.18. The monoisotopic (exact) mass is 370 g/mol. The highest BCUT2D eigenvalue weighted by Crippen LogP contribution is 2.19. The van der Waals surface area contributed by atoms with Crippen molar-refractivity contribution >= 4 is 23.2 Å². The molecule has 1 saturated heterocycles. The van der Waals surface area contributed by atoms with E-state index < -0.39 is 0 Å². The molecule has 26 heavy (non-hydrogen) atoms. The van der Waals surface area contributed by atoms with E-state index in [0.29, 0.717) is 12.2 Å². The first-order valence-electron chi connectivity index (χ1n) is 9.07. The molecule has 0 N–H and O–H groups in total. The van der Waals surface area contributed by atoms with Gasteiger partial charge in [-0.3, -0.25) is 0 Å². The van der Waals surface area contributed by atoms with Gasteiger partial charge in [-0.05, 0) is 31.2 Å². The number of aromatic nitrogens is 4. The Balaban J connectivity index is 1.64. The van der Waals surface area contributed by atoms with Crippen molar-refractivity contribution in [2.75, 3.05) is 37.6 Å². The van der Waals surface area contributed by atoms with Crippen LogP contribution < -0.4 is 4.90 Å². The lowest BCUT2D eigenvalue weighted by Crippen LogP contribution is -2.46. The molecule has 6 nitrogen and oxygen atoms in total. The minimum absolute atomic E-state index is 0.668. The Morgan fingerprint density at radius 3 is 2.46 bits per heavy atom. The highest BCUT2D eigenvalue weighted by Gasteiger charge is 2.20. The summed E-state index contributed by atoms with van der Waals surface area (Å²) < 4.78 is 1.89. The molecule has 1 aliphatic rings. The first-order chi connectivity index (χ1) is 12.6. The summed E-state index contributed by atoms with van der Waals surface area (Å²) in [6, 6.07) is 9.92. The predicted octanol–water partition coefficient (Wildman–Crippen LogP) is 2.82. The lowest BCUT2D eigenvalue weighted by molar-refractivity contribution is 0.270. The topological polar surface area (TPSA) is 49.6 Å². The molecule has 4 rings (SSSR count). The van der Waals surface area contributed by atoms with Gasteiger partial charge < -0.3 is 9.80 Å². The van der Waals surface area contributed by atoms with Gasteiger partial charge in [-0.1, -0.05) is 30.7 Å². The number of anilines is 1. The quantitative estimate of drug-likeness (QED) is 0.706. The number of benzene rings is 1. The van der Waals surface area contributed by atoms with Crippen molar-refractivity contribution in [1.29, 1.82) is 0 Å². The van der Waals surface area contributed by atoms with Crippen molar-refractivity contribution in [1.82, 2.24) is 24.5 Å². The Bertz CT molecular complexity index is 896. The molecule has 3 aromatic rings. The van der Waals surface area contributed by atoms with Gasteiger partial charge in [0.05, 0.1) is 0 Å². The average molecular weight is 371 g/mol. The van der Waals surface area contributed by atoms with Gasteiger partial charge in [0.25, 0.3) is 5.78 Å². The zero-order valence-corrected chi connectivity index (χ0v) is 15.9. The van der Waals surface area contributed by atoms with Crippen molar-refractivity contribution in [2.24, 2.45) is 0 Å². The molecule has 0 saturated carbocycles. The predicted molar refractivity (Wildman–Crippen MR) is 104 cm³/mol. The number of aryl methyl sites for hydroxylation is 1. The van der Waals surface area contributed by atoms with E-state index in [0.717, 1.165) is 60.6 Å². The van der Waals surface area contributed by atoms with E-state index in [4.69, 9.17) is 16.7 Å². The molecule has 136 valence electrons. The summed E-state index contributed by atoms with van der Waals surface area (Å²) in [4.78, 5) is 14.1. The number of halogens is 1. The van der Waals surface area contributed by atoms with E-state index in [1.54, 1.807) is 0 Å². The summed E-state index contributed by atoms with van der Waals surface area (Å²) in [6.07, 6.45) is 0.669. The van der Waals surface area contributed by atoms with Crippen molar-refractivity contribution < 1.29 is 0 Å². The molecule has 0 unspecified atom stereocenters. The maximum absolute atomic E-state index is 5.97. The molecule has 0 spiro atoms. The van der Waals surface area contributed by atoms with Crippen molar-refractivity contribution in [3.05, 3.63) is 52.4 Å². The summed E-state index contributed by atoms with van der Waals surface area (Å²) in [5, 5.41) is 5.48. The maximum Gasteiger partial charge on any atom is 0.254 e. The number of nitrogens with zero attached hydrogens (tertiary/aromatic N) is 6. The van der Waals surface area contributed by atoms with Crippen LogP contribution in [0.2, 0.25) is 5.02 Å². The van der Waals surface area contributed by atoms with E-state index >= 15 is 0 Å². The van der Waals surface area contributed by atoms with E-state index in [-0.39, 0.29) is 0 Å². The molecule has 0 radical (unpaired) electrons. The van der Waals surface area contributed by atoms with E-state index in [1.165, 1.54) is 0 Å². The molecule has 1 aromatic carbocycles. The second-order valence-corrected chi connectivity index (χ2v) is 7.16. The summed E-state index contributed by atoms with van der Waals surface area (Å²) >= 11 is 5.97. The van der Waals surface area contributed by atoms with Crippen LogP contribution in [0.5, 0.6) is 0 Å². The van der Waals surface area contributed by atoms with Gasteiger partial charge in [-0.15, -0.1) is 5.10 Å². The minimum Gasteiger partial charge on any atom is -0.354 e. The van der Waals surface area contributed by atoms with Crippen molar-refractivity contribution in [3.63, 3.8) is 0 Å². The number of fused-ring (bicyclic) bond motifs is 1. The summed E-state index contributed by atoms with van der Waals surface area (Å²) in [5.41, 5.74) is 2.11. The first kappa shape index (κ1) is 17.2. The van der Waals surface area contributed by atoms with Gasteiger partial charge in [-0.25, -0.2) is 4.98 Å². The number of likely N-dealkylation sites (N-methyl/N-ethyl adjacent to an activating group) is 1. The van der Waals surface area contributed by atoms with Crippen LogP contribution in [0.1, 0.15) is 24.0 Å². The number of rotatable bonds is 4. The standard InChI is InChI=1S/C19H23ClN6/c1-3-24-8-10-25(11-9-24)18-12-14(2)21-19-22-17(23-26(18)19)13-15-4-6-16(20)7-5-15/h4-7,12H,3,8-11,13H2,1-2H3. The van der Waals surface area contributed by atoms with E-state index in [1.807, 2.05) is 35.7 Å². The molecule has 1 fully saturated rings. The SMILES string of the molecule is CCN1CCN(c2cc(C)nc3nc(Cc4ccc(Cl)cc4)nn23)CC1. The lowest BCUT2D eigenvalue weighted by atomic mass is 10.1.